The summed E-state index contributed by atoms with van der Waals surface area (Å²) in [5, 5.41) is 0. The lowest BCUT2D eigenvalue weighted by Crippen LogP contribution is -2.39. The van der Waals surface area contributed by atoms with Crippen LogP contribution in [-0.2, 0) is 27.1 Å². The molecule has 1 atom stereocenters. The van der Waals surface area contributed by atoms with Gasteiger partial charge in [-0.25, -0.2) is 4.99 Å². The van der Waals surface area contributed by atoms with Crippen LogP contribution in [0.1, 0.15) is 24.5 Å². The second-order valence-corrected chi connectivity index (χ2v) is 6.13. The second-order valence-electron chi connectivity index (χ2n) is 6.13. The van der Waals surface area contributed by atoms with Gasteiger partial charge >= 0.3 is 0 Å². The largest absolute Gasteiger partial charge is 0.463 e. The van der Waals surface area contributed by atoms with Crippen molar-refractivity contribution in [3.63, 3.8) is 0 Å². The molecule has 6 nitrogen and oxygen atoms in total. The maximum absolute atomic E-state index is 12.4. The number of aryl methyl sites for hydroxylation is 1. The van der Waals surface area contributed by atoms with Crippen LogP contribution in [0.3, 0.4) is 0 Å². The molecule has 0 radical (unpaired) electrons. The summed E-state index contributed by atoms with van der Waals surface area (Å²) in [6.45, 7) is 3.18. The highest BCUT2D eigenvalue weighted by Gasteiger charge is 2.40. The third-order valence-electron chi connectivity index (χ3n) is 4.63. The molecule has 0 saturated carbocycles. The van der Waals surface area contributed by atoms with Crippen LogP contribution in [0.4, 0.5) is 5.69 Å². The van der Waals surface area contributed by atoms with Gasteiger partial charge in [-0.3, -0.25) is 4.79 Å². The van der Waals surface area contributed by atoms with Gasteiger partial charge in [0.15, 0.2) is 0 Å². The van der Waals surface area contributed by atoms with E-state index in [0.717, 1.165) is 24.9 Å². The first-order valence-corrected chi connectivity index (χ1v) is 7.97. The molecule has 1 heterocycles. The van der Waals surface area contributed by atoms with Gasteiger partial charge < -0.3 is 20.1 Å². The van der Waals surface area contributed by atoms with Crippen molar-refractivity contribution < 1.29 is 14.3 Å². The SMILES string of the molecule is CCN(C(=O)COC)c1cccc2c1CC1(CC2)COC(N)=N1. The molecule has 1 aliphatic carbocycles. The first-order chi connectivity index (χ1) is 11.1. The van der Waals surface area contributed by atoms with E-state index in [-0.39, 0.29) is 24.1 Å². The molecule has 0 bridgehead atoms. The Balaban J connectivity index is 1.97. The summed E-state index contributed by atoms with van der Waals surface area (Å²) in [7, 11) is 1.54. The number of benzene rings is 1. The Bertz CT molecular complexity index is 644. The zero-order valence-electron chi connectivity index (χ0n) is 13.7. The van der Waals surface area contributed by atoms with E-state index >= 15 is 0 Å². The number of likely N-dealkylation sites (N-methyl/N-ethyl adjacent to an activating group) is 1. The fraction of sp³-hybridized carbons (Fsp3) is 0.529. The number of carbonyl (C=O) groups is 1. The molecule has 1 amide bonds. The number of hydrogen-bond donors (Lipinski definition) is 1. The predicted molar refractivity (Wildman–Crippen MR) is 88.7 cm³/mol. The van der Waals surface area contributed by atoms with Crippen LogP contribution < -0.4 is 10.6 Å². The molecule has 1 unspecified atom stereocenters. The predicted octanol–water partition coefficient (Wildman–Crippen LogP) is 1.26. The minimum atomic E-state index is -0.281. The molecular formula is C17H23N3O3. The third kappa shape index (κ3) is 2.91. The van der Waals surface area contributed by atoms with Crippen molar-refractivity contribution >= 4 is 17.6 Å². The monoisotopic (exact) mass is 317 g/mol. The number of methoxy groups -OCH3 is 1. The molecule has 1 aliphatic heterocycles. The Kier molecular flexibility index (Phi) is 4.26. The molecule has 2 N–H and O–H groups in total. The van der Waals surface area contributed by atoms with Crippen LogP contribution in [0.25, 0.3) is 0 Å². The Morgan fingerprint density at radius 1 is 1.52 bits per heavy atom. The standard InChI is InChI=1S/C17H23N3O3/c1-3-20(15(21)10-22-2)14-6-4-5-12-7-8-17(9-13(12)14)11-23-16(18)19-17/h4-6H,3,7-11H2,1-2H3,(H2,18,19). The average molecular weight is 317 g/mol. The first-order valence-electron chi connectivity index (χ1n) is 7.97. The quantitative estimate of drug-likeness (QED) is 0.907. The lowest BCUT2D eigenvalue weighted by Gasteiger charge is -2.34. The molecular weight excluding hydrogens is 294 g/mol. The summed E-state index contributed by atoms with van der Waals surface area (Å²) in [6.07, 6.45) is 2.58. The zero-order valence-corrected chi connectivity index (χ0v) is 13.7. The summed E-state index contributed by atoms with van der Waals surface area (Å²) < 4.78 is 10.4. The summed E-state index contributed by atoms with van der Waals surface area (Å²) in [4.78, 5) is 18.7. The highest BCUT2D eigenvalue weighted by atomic mass is 16.5. The van der Waals surface area contributed by atoms with Crippen LogP contribution >= 0.6 is 0 Å². The highest BCUT2D eigenvalue weighted by molar-refractivity contribution is 5.95. The van der Waals surface area contributed by atoms with Crippen LogP contribution in [0.5, 0.6) is 0 Å². The topological polar surface area (TPSA) is 77.2 Å². The fourth-order valence-electron chi connectivity index (χ4n) is 3.50. The number of ether oxygens (including phenoxy) is 2. The minimum Gasteiger partial charge on any atom is -0.463 e. The van der Waals surface area contributed by atoms with Gasteiger partial charge in [-0.2, -0.15) is 0 Å². The van der Waals surface area contributed by atoms with Gasteiger partial charge in [0.1, 0.15) is 18.8 Å². The van der Waals surface area contributed by atoms with Crippen LogP contribution in [0, 0.1) is 0 Å². The number of carbonyl (C=O) groups excluding carboxylic acids is 1. The smallest absolute Gasteiger partial charge is 0.282 e. The Morgan fingerprint density at radius 3 is 3.00 bits per heavy atom. The van der Waals surface area contributed by atoms with Crippen molar-refractivity contribution in [2.45, 2.75) is 31.7 Å². The van der Waals surface area contributed by atoms with Crippen molar-refractivity contribution in [2.24, 2.45) is 10.7 Å². The van der Waals surface area contributed by atoms with Gasteiger partial charge in [0, 0.05) is 25.8 Å². The summed E-state index contributed by atoms with van der Waals surface area (Å²) in [6, 6.07) is 6.41. The molecule has 0 saturated heterocycles. The summed E-state index contributed by atoms with van der Waals surface area (Å²) in [5.41, 5.74) is 8.84. The van der Waals surface area contributed by atoms with Gasteiger partial charge in [-0.1, -0.05) is 12.1 Å². The number of anilines is 1. The lowest BCUT2D eigenvalue weighted by molar-refractivity contribution is -0.122. The molecule has 3 rings (SSSR count). The first kappa shape index (κ1) is 15.8. The van der Waals surface area contributed by atoms with E-state index in [2.05, 4.69) is 11.1 Å². The van der Waals surface area contributed by atoms with E-state index in [4.69, 9.17) is 15.2 Å². The third-order valence-corrected chi connectivity index (χ3v) is 4.63. The van der Waals surface area contributed by atoms with Crippen molar-refractivity contribution in [3.05, 3.63) is 29.3 Å². The molecule has 1 aromatic carbocycles. The Morgan fingerprint density at radius 2 is 2.35 bits per heavy atom. The Hall–Kier alpha value is -2.08. The van der Waals surface area contributed by atoms with Crippen LogP contribution in [-0.4, -0.2) is 44.3 Å². The number of hydrogen-bond acceptors (Lipinski definition) is 5. The second kappa shape index (κ2) is 6.20. The maximum atomic E-state index is 12.4. The molecule has 124 valence electrons. The van der Waals surface area contributed by atoms with Crippen molar-refractivity contribution in [1.82, 2.24) is 0 Å². The van der Waals surface area contributed by atoms with E-state index in [0.29, 0.717) is 13.2 Å². The Labute approximate surface area is 136 Å². The molecule has 1 aromatic rings. The fourth-order valence-corrected chi connectivity index (χ4v) is 3.50. The number of fused-ring (bicyclic) bond motifs is 1. The summed E-state index contributed by atoms with van der Waals surface area (Å²) >= 11 is 0. The van der Waals surface area contributed by atoms with E-state index in [1.165, 1.54) is 18.2 Å². The number of amidine groups is 1. The number of rotatable bonds is 4. The molecule has 0 aromatic heterocycles. The van der Waals surface area contributed by atoms with E-state index < -0.39 is 0 Å². The van der Waals surface area contributed by atoms with Gasteiger partial charge in [0.2, 0.25) is 0 Å². The number of amides is 1. The van der Waals surface area contributed by atoms with Crippen LogP contribution in [0.2, 0.25) is 0 Å². The molecule has 1 spiro atoms. The van der Waals surface area contributed by atoms with E-state index in [1.807, 2.05) is 19.1 Å². The summed E-state index contributed by atoms with van der Waals surface area (Å²) in [5.74, 6) is -0.0336. The molecule has 6 heteroatoms. The van der Waals surface area contributed by atoms with Crippen molar-refractivity contribution in [2.75, 3.05) is 31.8 Å². The van der Waals surface area contributed by atoms with Gasteiger partial charge in [0.25, 0.3) is 11.9 Å². The van der Waals surface area contributed by atoms with Crippen molar-refractivity contribution in [1.29, 1.82) is 0 Å². The maximum Gasteiger partial charge on any atom is 0.282 e. The van der Waals surface area contributed by atoms with Gasteiger partial charge in [-0.15, -0.1) is 0 Å². The van der Waals surface area contributed by atoms with Gasteiger partial charge in [-0.05, 0) is 37.0 Å². The molecule has 0 fully saturated rings. The number of nitrogens with zero attached hydrogens (tertiary/aromatic N) is 2. The molecule has 2 aliphatic rings. The molecule has 23 heavy (non-hydrogen) atoms. The van der Waals surface area contributed by atoms with E-state index in [1.54, 1.807) is 4.90 Å². The number of nitrogens with two attached hydrogens (primary N) is 1. The van der Waals surface area contributed by atoms with Crippen molar-refractivity contribution in [3.8, 4) is 0 Å². The lowest BCUT2D eigenvalue weighted by atomic mass is 9.78. The normalized spacial score (nSPS) is 22.4. The van der Waals surface area contributed by atoms with Crippen LogP contribution in [0.15, 0.2) is 23.2 Å². The average Bonchev–Trinajstić information content (AvgIpc) is 2.89. The highest BCUT2D eigenvalue weighted by Crippen LogP contribution is 2.38. The number of aliphatic imine (C=N–C) groups is 1. The van der Waals surface area contributed by atoms with Gasteiger partial charge in [0.05, 0.1) is 0 Å². The zero-order chi connectivity index (χ0) is 16.4. The minimum absolute atomic E-state index is 0.0336. The van der Waals surface area contributed by atoms with E-state index in [9.17, 15) is 4.79 Å².